The maximum atomic E-state index is 13.1. The Kier molecular flexibility index (Phi) is 7.09. The van der Waals surface area contributed by atoms with Gasteiger partial charge in [0, 0.05) is 39.0 Å². The number of rotatable bonds is 6. The van der Waals surface area contributed by atoms with Gasteiger partial charge >= 0.3 is 0 Å². The quantitative estimate of drug-likeness (QED) is 0.595. The van der Waals surface area contributed by atoms with Gasteiger partial charge in [-0.25, -0.2) is 8.42 Å². The summed E-state index contributed by atoms with van der Waals surface area (Å²) >= 11 is 1.24. The summed E-state index contributed by atoms with van der Waals surface area (Å²) in [6, 6.07) is 10.9. The van der Waals surface area contributed by atoms with E-state index in [0.717, 1.165) is 21.8 Å². The smallest absolute Gasteiger partial charge is 0.251 e. The number of hydrogen-bond acceptors (Lipinski definition) is 5. The molecule has 3 heterocycles. The van der Waals surface area contributed by atoms with Crippen molar-refractivity contribution in [1.29, 1.82) is 0 Å². The molecule has 156 valence electrons. The number of pyridine rings is 2. The van der Waals surface area contributed by atoms with Crippen LogP contribution in [0.5, 0.6) is 0 Å². The fourth-order valence-electron chi connectivity index (χ4n) is 3.20. The number of aromatic nitrogens is 2. The molecule has 1 N–H and O–H groups in total. The molecule has 0 amide bonds. The first-order valence-corrected chi connectivity index (χ1v) is 11.6. The first-order valence-electron chi connectivity index (χ1n) is 9.11. The van der Waals surface area contributed by atoms with Gasteiger partial charge in [-0.1, -0.05) is 26.8 Å². The Morgan fingerprint density at radius 3 is 2.52 bits per heavy atom. The van der Waals surface area contributed by atoms with Gasteiger partial charge in [-0.15, -0.1) is 23.7 Å². The third-order valence-electron chi connectivity index (χ3n) is 4.76. The van der Waals surface area contributed by atoms with Gasteiger partial charge in [-0.2, -0.15) is 0 Å². The molecule has 5 nitrogen and oxygen atoms in total. The van der Waals surface area contributed by atoms with E-state index in [1.54, 1.807) is 12.3 Å². The zero-order valence-corrected chi connectivity index (χ0v) is 19.3. The molecule has 0 unspecified atom stereocenters. The van der Waals surface area contributed by atoms with Crippen LogP contribution in [0.1, 0.15) is 37.7 Å². The largest absolute Gasteiger partial charge is 0.326 e. The molecule has 0 bridgehead atoms. The van der Waals surface area contributed by atoms with Gasteiger partial charge in [0.15, 0.2) is 9.84 Å². The van der Waals surface area contributed by atoms with E-state index in [0.29, 0.717) is 16.2 Å². The molecule has 0 saturated heterocycles. The van der Waals surface area contributed by atoms with E-state index in [2.05, 4.69) is 9.97 Å². The molecule has 0 atom stereocenters. The van der Waals surface area contributed by atoms with Crippen LogP contribution in [0.3, 0.4) is 0 Å². The Morgan fingerprint density at radius 2 is 1.90 bits per heavy atom. The van der Waals surface area contributed by atoms with Crippen molar-refractivity contribution < 1.29 is 8.42 Å². The van der Waals surface area contributed by atoms with E-state index in [4.69, 9.17) is 0 Å². The fraction of sp³-hybridized carbons (Fsp3) is 0.333. The summed E-state index contributed by atoms with van der Waals surface area (Å²) in [6.45, 7) is 7.53. The fourth-order valence-corrected chi connectivity index (χ4v) is 6.48. The molecule has 29 heavy (non-hydrogen) atoms. The molecule has 0 saturated carbocycles. The lowest BCUT2D eigenvalue weighted by Gasteiger charge is -2.23. The SMILES string of the molecule is CCc1cc(-c2ccc(S(=O)(=O)CC(C)(C)c3ccccn3)s2)c(C)[nH]c1=O.Cl. The molecular weight excluding hydrogens is 428 g/mol. The third kappa shape index (κ3) is 4.97. The lowest BCUT2D eigenvalue weighted by atomic mass is 9.91. The number of nitrogens with zero attached hydrogens (tertiary/aromatic N) is 1. The van der Waals surface area contributed by atoms with E-state index < -0.39 is 15.3 Å². The average Bonchev–Trinajstić information content (AvgIpc) is 3.13. The molecule has 0 fully saturated rings. The van der Waals surface area contributed by atoms with Crippen LogP contribution in [0.15, 0.2) is 51.6 Å². The molecule has 0 aromatic carbocycles. The Labute approximate surface area is 181 Å². The minimum absolute atomic E-state index is 0. The number of H-pyrrole nitrogens is 1. The summed E-state index contributed by atoms with van der Waals surface area (Å²) in [5, 5.41) is 0. The minimum Gasteiger partial charge on any atom is -0.326 e. The van der Waals surface area contributed by atoms with Crippen molar-refractivity contribution in [2.75, 3.05) is 5.75 Å². The van der Waals surface area contributed by atoms with Crippen molar-refractivity contribution in [3.05, 3.63) is 69.9 Å². The number of thiophene rings is 1. The zero-order valence-electron chi connectivity index (χ0n) is 16.9. The second-order valence-corrected chi connectivity index (χ2v) is 10.8. The predicted octanol–water partition coefficient (Wildman–Crippen LogP) is 4.54. The van der Waals surface area contributed by atoms with Crippen molar-refractivity contribution in [3.8, 4) is 10.4 Å². The Hall–Kier alpha value is -1.96. The molecule has 0 aliphatic heterocycles. The molecule has 0 aliphatic rings. The van der Waals surface area contributed by atoms with Crippen LogP contribution in [0.4, 0.5) is 0 Å². The van der Waals surface area contributed by atoms with E-state index in [9.17, 15) is 13.2 Å². The van der Waals surface area contributed by atoms with Crippen LogP contribution in [-0.4, -0.2) is 24.1 Å². The van der Waals surface area contributed by atoms with Crippen molar-refractivity contribution in [1.82, 2.24) is 9.97 Å². The molecule has 0 radical (unpaired) electrons. The Balaban J connectivity index is 0.00000300. The van der Waals surface area contributed by atoms with Gasteiger partial charge in [-0.05, 0) is 43.7 Å². The predicted molar refractivity (Wildman–Crippen MR) is 121 cm³/mol. The lowest BCUT2D eigenvalue weighted by Crippen LogP contribution is -2.29. The normalized spacial score (nSPS) is 11.9. The first-order chi connectivity index (χ1) is 13.1. The van der Waals surface area contributed by atoms with Crippen molar-refractivity contribution in [3.63, 3.8) is 0 Å². The first kappa shape index (κ1) is 23.3. The standard InChI is InChI=1S/C21H24N2O3S2.ClH/c1-5-15-12-16(14(2)23-20(15)24)17-9-10-19(27-17)28(25,26)13-21(3,4)18-8-6-7-11-22-18;/h6-12H,5,13H2,1-4H3,(H,23,24);1H. The summed E-state index contributed by atoms with van der Waals surface area (Å²) in [4.78, 5) is 20.0. The zero-order chi connectivity index (χ0) is 20.5. The van der Waals surface area contributed by atoms with E-state index in [-0.39, 0.29) is 23.7 Å². The number of hydrogen-bond donors (Lipinski definition) is 1. The van der Waals surface area contributed by atoms with Crippen LogP contribution >= 0.6 is 23.7 Å². The number of aromatic amines is 1. The molecule has 3 aromatic heterocycles. The van der Waals surface area contributed by atoms with Gasteiger partial charge < -0.3 is 4.98 Å². The number of sulfone groups is 1. The third-order valence-corrected chi connectivity index (χ3v) is 8.53. The highest BCUT2D eigenvalue weighted by Crippen LogP contribution is 2.35. The van der Waals surface area contributed by atoms with Gasteiger partial charge in [0.1, 0.15) is 4.21 Å². The molecule has 0 spiro atoms. The maximum Gasteiger partial charge on any atom is 0.251 e. The van der Waals surface area contributed by atoms with Gasteiger partial charge in [0.2, 0.25) is 0 Å². The summed E-state index contributed by atoms with van der Waals surface area (Å²) < 4.78 is 26.4. The van der Waals surface area contributed by atoms with E-state index in [1.807, 2.05) is 58.0 Å². The Morgan fingerprint density at radius 1 is 1.17 bits per heavy atom. The minimum atomic E-state index is -3.48. The lowest BCUT2D eigenvalue weighted by molar-refractivity contribution is 0.538. The highest BCUT2D eigenvalue weighted by atomic mass is 35.5. The highest BCUT2D eigenvalue weighted by molar-refractivity contribution is 7.93. The van der Waals surface area contributed by atoms with Crippen LogP contribution < -0.4 is 5.56 Å². The van der Waals surface area contributed by atoms with E-state index in [1.165, 1.54) is 11.3 Å². The van der Waals surface area contributed by atoms with Gasteiger partial charge in [0.05, 0.1) is 5.75 Å². The van der Waals surface area contributed by atoms with Crippen molar-refractivity contribution in [2.24, 2.45) is 0 Å². The van der Waals surface area contributed by atoms with Gasteiger partial charge in [0.25, 0.3) is 5.56 Å². The summed E-state index contributed by atoms with van der Waals surface area (Å²) in [5.41, 5.74) is 2.35. The Bertz CT molecular complexity index is 1150. The van der Waals surface area contributed by atoms with Crippen molar-refractivity contribution >= 4 is 33.6 Å². The summed E-state index contributed by atoms with van der Waals surface area (Å²) in [6.07, 6.45) is 2.30. The topological polar surface area (TPSA) is 79.9 Å². The average molecular weight is 453 g/mol. The molecular formula is C21H25ClN2O3S2. The molecule has 3 aromatic rings. The molecule has 0 aliphatic carbocycles. The highest BCUT2D eigenvalue weighted by Gasteiger charge is 2.31. The maximum absolute atomic E-state index is 13.1. The van der Waals surface area contributed by atoms with E-state index >= 15 is 0 Å². The summed E-state index contributed by atoms with van der Waals surface area (Å²) in [7, 11) is -3.48. The second-order valence-electron chi connectivity index (χ2n) is 7.49. The van der Waals surface area contributed by atoms with Crippen LogP contribution in [0.2, 0.25) is 0 Å². The second kappa shape index (κ2) is 8.81. The van der Waals surface area contributed by atoms with Crippen molar-refractivity contribution in [2.45, 2.75) is 43.7 Å². The molecule has 3 rings (SSSR count). The van der Waals surface area contributed by atoms with Gasteiger partial charge in [-0.3, -0.25) is 9.78 Å². The summed E-state index contributed by atoms with van der Waals surface area (Å²) in [5.74, 6) is -0.0260. The van der Waals surface area contributed by atoms with Crippen LogP contribution in [-0.2, 0) is 21.7 Å². The number of nitrogens with one attached hydrogen (secondary N) is 1. The number of aryl methyl sites for hydroxylation is 2. The number of halogens is 1. The monoisotopic (exact) mass is 452 g/mol. The van der Waals surface area contributed by atoms with Crippen LogP contribution in [0, 0.1) is 6.92 Å². The molecule has 8 heteroatoms. The van der Waals surface area contributed by atoms with Crippen LogP contribution in [0.25, 0.3) is 10.4 Å².